The van der Waals surface area contributed by atoms with Crippen LogP contribution in [-0.4, -0.2) is 73.6 Å². The van der Waals surface area contributed by atoms with E-state index < -0.39 is 39.5 Å². The molecule has 32 heavy (non-hydrogen) atoms. The van der Waals surface area contributed by atoms with Crippen LogP contribution in [0.2, 0.25) is 0 Å². The third kappa shape index (κ3) is 3.22. The van der Waals surface area contributed by atoms with Crippen molar-refractivity contribution in [3.63, 3.8) is 0 Å². The van der Waals surface area contributed by atoms with E-state index in [0.717, 1.165) is 10.6 Å². The summed E-state index contributed by atoms with van der Waals surface area (Å²) in [5.74, 6) is -1.89. The first-order chi connectivity index (χ1) is 15.1. The van der Waals surface area contributed by atoms with Crippen molar-refractivity contribution in [1.29, 1.82) is 0 Å². The Morgan fingerprint density at radius 2 is 1.72 bits per heavy atom. The van der Waals surface area contributed by atoms with Gasteiger partial charge in [0.15, 0.2) is 0 Å². The summed E-state index contributed by atoms with van der Waals surface area (Å²) < 4.78 is 23.7. The zero-order valence-corrected chi connectivity index (χ0v) is 18.2. The normalized spacial score (nSPS) is 28.9. The number of fused-ring (bicyclic) bond motifs is 1. The van der Waals surface area contributed by atoms with Gasteiger partial charge in [0.25, 0.3) is 11.8 Å². The summed E-state index contributed by atoms with van der Waals surface area (Å²) in [6.07, 6.45) is 1.20. The van der Waals surface area contributed by atoms with Crippen molar-refractivity contribution in [2.75, 3.05) is 29.5 Å². The molecule has 170 valence electrons. The monoisotopic (exact) mass is 460 g/mol. The summed E-state index contributed by atoms with van der Waals surface area (Å²) in [6.45, 7) is 1.11. The Hall–Kier alpha value is -2.79. The van der Waals surface area contributed by atoms with E-state index in [1.54, 1.807) is 18.2 Å². The number of amides is 4. The van der Waals surface area contributed by atoms with Crippen LogP contribution in [0.5, 0.6) is 0 Å². The predicted octanol–water partition coefficient (Wildman–Crippen LogP) is -0.570. The molecule has 11 heteroatoms. The number of hydrogen-bond acceptors (Lipinski definition) is 8. The zero-order chi connectivity index (χ0) is 22.8. The Morgan fingerprint density at radius 3 is 2.41 bits per heavy atom. The molecule has 3 fully saturated rings. The van der Waals surface area contributed by atoms with Crippen molar-refractivity contribution in [3.8, 4) is 0 Å². The van der Waals surface area contributed by atoms with Gasteiger partial charge in [0.05, 0.1) is 22.6 Å². The molecule has 0 aliphatic carbocycles. The van der Waals surface area contributed by atoms with Crippen LogP contribution in [0.3, 0.4) is 0 Å². The van der Waals surface area contributed by atoms with Crippen LogP contribution >= 0.6 is 0 Å². The molecule has 4 amide bonds. The average molecular weight is 461 g/mol. The predicted molar refractivity (Wildman–Crippen MR) is 114 cm³/mol. The second-order valence-corrected chi connectivity index (χ2v) is 11.5. The van der Waals surface area contributed by atoms with Crippen molar-refractivity contribution in [2.45, 2.75) is 37.8 Å². The number of nitrogens with two attached hydrogens (primary N) is 1. The minimum atomic E-state index is -3.01. The SMILES string of the molecule is NC1CN(c2ccc3c(c2)C(=O)N(C2CCC(=O)NC2=O)C3=O)CC12CCS(=O)(=O)CC2. The van der Waals surface area contributed by atoms with Crippen LogP contribution in [0.1, 0.15) is 46.4 Å². The Bertz CT molecular complexity index is 1150. The van der Waals surface area contributed by atoms with Gasteiger partial charge in [-0.3, -0.25) is 29.4 Å². The Balaban J connectivity index is 1.39. The molecule has 4 aliphatic heterocycles. The summed E-state index contributed by atoms with van der Waals surface area (Å²) in [4.78, 5) is 52.6. The highest BCUT2D eigenvalue weighted by molar-refractivity contribution is 7.91. The molecule has 4 heterocycles. The number of anilines is 1. The third-order valence-electron chi connectivity index (χ3n) is 7.32. The topological polar surface area (TPSA) is 147 Å². The molecule has 3 saturated heterocycles. The lowest BCUT2D eigenvalue weighted by atomic mass is 9.78. The van der Waals surface area contributed by atoms with E-state index in [4.69, 9.17) is 5.73 Å². The highest BCUT2D eigenvalue weighted by Crippen LogP contribution is 2.42. The lowest BCUT2D eigenvalue weighted by Crippen LogP contribution is -2.54. The molecule has 1 spiro atoms. The number of nitrogens with one attached hydrogen (secondary N) is 1. The smallest absolute Gasteiger partial charge is 0.262 e. The lowest BCUT2D eigenvalue weighted by Gasteiger charge is -2.36. The van der Waals surface area contributed by atoms with Gasteiger partial charge in [0, 0.05) is 36.7 Å². The van der Waals surface area contributed by atoms with Gasteiger partial charge in [-0.05, 0) is 37.5 Å². The van der Waals surface area contributed by atoms with E-state index in [9.17, 15) is 27.6 Å². The number of hydrogen-bond donors (Lipinski definition) is 2. The minimum absolute atomic E-state index is 0.0680. The fraction of sp³-hybridized carbons (Fsp3) is 0.524. The first-order valence-corrected chi connectivity index (χ1v) is 12.5. The van der Waals surface area contributed by atoms with E-state index in [2.05, 4.69) is 5.32 Å². The van der Waals surface area contributed by atoms with Crippen molar-refractivity contribution < 1.29 is 27.6 Å². The summed E-state index contributed by atoms with van der Waals surface area (Å²) in [5.41, 5.74) is 7.32. The molecule has 0 aromatic heterocycles. The van der Waals surface area contributed by atoms with Gasteiger partial charge in [-0.15, -0.1) is 0 Å². The van der Waals surface area contributed by atoms with E-state index in [1.807, 2.05) is 4.90 Å². The fourth-order valence-electron chi connectivity index (χ4n) is 5.32. The van der Waals surface area contributed by atoms with Crippen LogP contribution in [0.25, 0.3) is 0 Å². The maximum atomic E-state index is 13.1. The maximum Gasteiger partial charge on any atom is 0.262 e. The van der Waals surface area contributed by atoms with Crippen LogP contribution < -0.4 is 16.0 Å². The molecule has 5 rings (SSSR count). The van der Waals surface area contributed by atoms with E-state index in [1.165, 1.54) is 0 Å². The molecule has 2 unspecified atom stereocenters. The van der Waals surface area contributed by atoms with Crippen molar-refractivity contribution in [2.24, 2.45) is 11.1 Å². The molecule has 4 aliphatic rings. The molecule has 0 bridgehead atoms. The Kier molecular flexibility index (Phi) is 4.68. The molecule has 1 aromatic carbocycles. The van der Waals surface area contributed by atoms with Gasteiger partial charge >= 0.3 is 0 Å². The number of piperidine rings is 1. The summed E-state index contributed by atoms with van der Waals surface area (Å²) in [5, 5.41) is 2.18. The lowest BCUT2D eigenvalue weighted by molar-refractivity contribution is -0.136. The first-order valence-electron chi connectivity index (χ1n) is 10.7. The molecule has 1 aromatic rings. The summed E-state index contributed by atoms with van der Waals surface area (Å²) in [7, 11) is -3.01. The third-order valence-corrected chi connectivity index (χ3v) is 8.97. The van der Waals surface area contributed by atoms with Crippen molar-refractivity contribution in [1.82, 2.24) is 10.2 Å². The molecule has 0 radical (unpaired) electrons. The zero-order valence-electron chi connectivity index (χ0n) is 17.4. The van der Waals surface area contributed by atoms with Gasteiger partial charge < -0.3 is 10.6 Å². The molecule has 10 nitrogen and oxygen atoms in total. The highest BCUT2D eigenvalue weighted by atomic mass is 32.2. The fourth-order valence-corrected chi connectivity index (χ4v) is 6.96. The molecular weight excluding hydrogens is 436 g/mol. The van der Waals surface area contributed by atoms with Crippen molar-refractivity contribution in [3.05, 3.63) is 29.3 Å². The summed E-state index contributed by atoms with van der Waals surface area (Å²) >= 11 is 0. The number of benzene rings is 1. The average Bonchev–Trinajstić information content (AvgIpc) is 3.19. The van der Waals surface area contributed by atoms with Gasteiger partial charge in [0.1, 0.15) is 15.9 Å². The standard InChI is InChI=1S/C21H24N4O6S/c22-16-10-24(11-21(16)5-7-32(30,31)8-6-21)12-1-2-13-14(9-12)20(29)25(19(13)28)15-3-4-17(26)23-18(15)27/h1-2,9,15-16H,3-8,10-11,22H2,(H,23,26,27). The molecule has 3 N–H and O–H groups in total. The van der Waals surface area contributed by atoms with Crippen LogP contribution in [0.4, 0.5) is 5.69 Å². The van der Waals surface area contributed by atoms with E-state index in [0.29, 0.717) is 25.9 Å². The van der Waals surface area contributed by atoms with Crippen LogP contribution in [0, 0.1) is 5.41 Å². The number of carbonyl (C=O) groups excluding carboxylic acids is 4. The number of carbonyl (C=O) groups is 4. The van der Waals surface area contributed by atoms with Gasteiger partial charge in [0.2, 0.25) is 11.8 Å². The molecule has 2 atom stereocenters. The second-order valence-electron chi connectivity index (χ2n) is 9.18. The number of imide groups is 2. The molecular formula is C21H24N4O6S. The Labute approximate surface area is 185 Å². The van der Waals surface area contributed by atoms with Gasteiger partial charge in [-0.1, -0.05) is 0 Å². The number of sulfone groups is 1. The van der Waals surface area contributed by atoms with Crippen molar-refractivity contribution >= 4 is 39.2 Å². The van der Waals surface area contributed by atoms with Gasteiger partial charge in [-0.2, -0.15) is 0 Å². The van der Waals surface area contributed by atoms with E-state index in [-0.39, 0.29) is 46.9 Å². The second kappa shape index (κ2) is 7.11. The Morgan fingerprint density at radius 1 is 1.03 bits per heavy atom. The van der Waals surface area contributed by atoms with Gasteiger partial charge in [-0.25, -0.2) is 8.42 Å². The maximum absolute atomic E-state index is 13.1. The number of nitrogens with zero attached hydrogens (tertiary/aromatic N) is 2. The summed E-state index contributed by atoms with van der Waals surface area (Å²) in [6, 6.07) is 3.79. The minimum Gasteiger partial charge on any atom is -0.369 e. The quantitative estimate of drug-likeness (QED) is 0.558. The van der Waals surface area contributed by atoms with Crippen LogP contribution in [-0.2, 0) is 19.4 Å². The molecule has 0 saturated carbocycles. The largest absolute Gasteiger partial charge is 0.369 e. The van der Waals surface area contributed by atoms with Crippen LogP contribution in [0.15, 0.2) is 18.2 Å². The number of rotatable bonds is 2. The van der Waals surface area contributed by atoms with E-state index >= 15 is 0 Å². The highest BCUT2D eigenvalue weighted by Gasteiger charge is 2.49. The first kappa shape index (κ1) is 21.1.